The van der Waals surface area contributed by atoms with Gasteiger partial charge in [-0.25, -0.2) is 0 Å². The molecule has 1 aliphatic heterocycles. The quantitative estimate of drug-likeness (QED) is 0.697. The standard InChI is InChI=1S/C12H15NO2/c1-8-11(13(2)3)12(14)9-6-4-5-7-10(9)15-8/h4-8,11H,1-3H3/t8-,11+/m1/s1. The van der Waals surface area contributed by atoms with Gasteiger partial charge in [-0.1, -0.05) is 12.1 Å². The topological polar surface area (TPSA) is 29.5 Å². The molecule has 0 aliphatic carbocycles. The van der Waals surface area contributed by atoms with Crippen LogP contribution in [0, 0.1) is 0 Å². The highest BCUT2D eigenvalue weighted by molar-refractivity contribution is 6.03. The molecule has 15 heavy (non-hydrogen) atoms. The summed E-state index contributed by atoms with van der Waals surface area (Å²) in [5.41, 5.74) is 0.689. The molecule has 3 heteroatoms. The minimum Gasteiger partial charge on any atom is -0.488 e. The Morgan fingerprint density at radius 2 is 1.93 bits per heavy atom. The van der Waals surface area contributed by atoms with Crippen LogP contribution in [0.4, 0.5) is 0 Å². The fourth-order valence-corrected chi connectivity index (χ4v) is 2.06. The molecule has 0 fully saturated rings. The highest BCUT2D eigenvalue weighted by Gasteiger charge is 2.35. The lowest BCUT2D eigenvalue weighted by molar-refractivity contribution is 0.0590. The Labute approximate surface area is 89.7 Å². The number of benzene rings is 1. The van der Waals surface area contributed by atoms with Crippen LogP contribution in [0.25, 0.3) is 0 Å². The average Bonchev–Trinajstić information content (AvgIpc) is 2.17. The summed E-state index contributed by atoms with van der Waals surface area (Å²) in [6.07, 6.45) is -0.0950. The van der Waals surface area contributed by atoms with E-state index in [1.807, 2.05) is 50.2 Å². The Bertz CT molecular complexity index is 387. The number of nitrogens with zero attached hydrogens (tertiary/aromatic N) is 1. The molecule has 0 spiro atoms. The molecule has 2 atom stereocenters. The Morgan fingerprint density at radius 3 is 2.60 bits per heavy atom. The molecule has 1 aromatic rings. The van der Waals surface area contributed by atoms with Crippen LogP contribution in [-0.2, 0) is 0 Å². The normalized spacial score (nSPS) is 24.9. The molecule has 0 saturated heterocycles. The van der Waals surface area contributed by atoms with Crippen molar-refractivity contribution >= 4 is 5.78 Å². The first-order valence-electron chi connectivity index (χ1n) is 5.07. The summed E-state index contributed by atoms with van der Waals surface area (Å²) in [6.45, 7) is 1.93. The summed E-state index contributed by atoms with van der Waals surface area (Å²) in [4.78, 5) is 14.1. The Hall–Kier alpha value is -1.35. The molecule has 1 aromatic carbocycles. The van der Waals surface area contributed by atoms with Gasteiger partial charge in [0.25, 0.3) is 0 Å². The summed E-state index contributed by atoms with van der Waals surface area (Å²) in [5, 5.41) is 0. The minimum atomic E-state index is -0.181. The van der Waals surface area contributed by atoms with Crippen molar-refractivity contribution in [3.63, 3.8) is 0 Å². The van der Waals surface area contributed by atoms with Gasteiger partial charge in [-0.05, 0) is 33.2 Å². The number of carbonyl (C=O) groups is 1. The van der Waals surface area contributed by atoms with E-state index in [0.717, 1.165) is 0 Å². The zero-order chi connectivity index (χ0) is 11.0. The second kappa shape index (κ2) is 3.66. The highest BCUT2D eigenvalue weighted by atomic mass is 16.5. The van der Waals surface area contributed by atoms with Crippen LogP contribution in [0.2, 0.25) is 0 Å². The molecule has 0 amide bonds. The van der Waals surface area contributed by atoms with Gasteiger partial charge in [0.05, 0.1) is 5.56 Å². The number of rotatable bonds is 1. The smallest absolute Gasteiger partial charge is 0.187 e. The van der Waals surface area contributed by atoms with Gasteiger partial charge in [-0.15, -0.1) is 0 Å². The van der Waals surface area contributed by atoms with Crippen molar-refractivity contribution in [2.75, 3.05) is 14.1 Å². The number of carbonyl (C=O) groups excluding carboxylic acids is 1. The SMILES string of the molecule is C[C@H]1Oc2ccccc2C(=O)[C@H]1N(C)C. The fraction of sp³-hybridized carbons (Fsp3) is 0.417. The van der Waals surface area contributed by atoms with Crippen molar-refractivity contribution in [1.82, 2.24) is 4.90 Å². The van der Waals surface area contributed by atoms with Crippen LogP contribution in [0.15, 0.2) is 24.3 Å². The van der Waals surface area contributed by atoms with Crippen molar-refractivity contribution in [2.45, 2.75) is 19.1 Å². The molecule has 1 aliphatic rings. The zero-order valence-electron chi connectivity index (χ0n) is 9.23. The number of fused-ring (bicyclic) bond motifs is 1. The fourth-order valence-electron chi connectivity index (χ4n) is 2.06. The van der Waals surface area contributed by atoms with E-state index in [-0.39, 0.29) is 17.9 Å². The van der Waals surface area contributed by atoms with Gasteiger partial charge in [-0.3, -0.25) is 9.69 Å². The molecule has 0 unspecified atom stereocenters. The molecule has 0 radical (unpaired) electrons. The van der Waals surface area contributed by atoms with Crippen molar-refractivity contribution in [1.29, 1.82) is 0 Å². The maximum atomic E-state index is 12.1. The van der Waals surface area contributed by atoms with Crippen LogP contribution in [0.3, 0.4) is 0 Å². The molecule has 0 bridgehead atoms. The Morgan fingerprint density at radius 1 is 1.27 bits per heavy atom. The third-order valence-corrected chi connectivity index (χ3v) is 2.73. The molecule has 80 valence electrons. The van der Waals surface area contributed by atoms with Gasteiger partial charge in [-0.2, -0.15) is 0 Å². The van der Waals surface area contributed by atoms with Crippen LogP contribution >= 0.6 is 0 Å². The molecule has 0 N–H and O–H groups in total. The largest absolute Gasteiger partial charge is 0.488 e. The lowest BCUT2D eigenvalue weighted by Gasteiger charge is -2.34. The molecule has 3 nitrogen and oxygen atoms in total. The van der Waals surface area contributed by atoms with E-state index in [0.29, 0.717) is 11.3 Å². The van der Waals surface area contributed by atoms with Gasteiger partial charge < -0.3 is 4.74 Å². The van der Waals surface area contributed by atoms with Gasteiger partial charge in [0.15, 0.2) is 5.78 Å². The number of likely N-dealkylation sites (N-methyl/N-ethyl adjacent to an activating group) is 1. The minimum absolute atomic E-state index is 0.0950. The second-order valence-corrected chi connectivity index (χ2v) is 4.09. The number of hydrogen-bond acceptors (Lipinski definition) is 3. The second-order valence-electron chi connectivity index (χ2n) is 4.09. The first kappa shape index (κ1) is 10.2. The number of Topliss-reactive ketones (excluding diaryl/α,β-unsaturated/α-hetero) is 1. The maximum absolute atomic E-state index is 12.1. The van der Waals surface area contributed by atoms with E-state index < -0.39 is 0 Å². The van der Waals surface area contributed by atoms with Gasteiger partial charge in [0.2, 0.25) is 0 Å². The number of ether oxygens (including phenoxy) is 1. The summed E-state index contributed by atoms with van der Waals surface area (Å²) in [5.74, 6) is 0.849. The predicted octanol–water partition coefficient (Wildman–Crippen LogP) is 1.58. The van der Waals surface area contributed by atoms with E-state index in [4.69, 9.17) is 4.74 Å². The molecule has 0 aromatic heterocycles. The number of para-hydroxylation sites is 1. The van der Waals surface area contributed by atoms with Crippen LogP contribution in [0.1, 0.15) is 17.3 Å². The molecule has 2 rings (SSSR count). The Kier molecular flexibility index (Phi) is 2.49. The zero-order valence-corrected chi connectivity index (χ0v) is 9.23. The van der Waals surface area contributed by atoms with E-state index in [9.17, 15) is 4.79 Å². The first-order chi connectivity index (χ1) is 7.11. The van der Waals surface area contributed by atoms with Crippen LogP contribution in [0.5, 0.6) is 5.75 Å². The van der Waals surface area contributed by atoms with Gasteiger partial charge >= 0.3 is 0 Å². The molecular formula is C12H15NO2. The monoisotopic (exact) mass is 205 g/mol. The van der Waals surface area contributed by atoms with Crippen molar-refractivity contribution in [3.05, 3.63) is 29.8 Å². The molecule has 1 heterocycles. The number of ketones is 1. The average molecular weight is 205 g/mol. The van der Waals surface area contributed by atoms with E-state index in [1.165, 1.54) is 0 Å². The van der Waals surface area contributed by atoms with Crippen molar-refractivity contribution in [2.24, 2.45) is 0 Å². The summed E-state index contributed by atoms with van der Waals surface area (Å²) in [6, 6.07) is 7.23. The van der Waals surface area contributed by atoms with E-state index in [2.05, 4.69) is 0 Å². The van der Waals surface area contributed by atoms with E-state index in [1.54, 1.807) is 0 Å². The predicted molar refractivity (Wildman–Crippen MR) is 58.3 cm³/mol. The van der Waals surface area contributed by atoms with E-state index >= 15 is 0 Å². The summed E-state index contributed by atoms with van der Waals surface area (Å²) in [7, 11) is 3.80. The first-order valence-corrected chi connectivity index (χ1v) is 5.07. The van der Waals surface area contributed by atoms with Crippen molar-refractivity contribution in [3.8, 4) is 5.75 Å². The molecule has 0 saturated carbocycles. The van der Waals surface area contributed by atoms with Crippen molar-refractivity contribution < 1.29 is 9.53 Å². The van der Waals surface area contributed by atoms with Crippen LogP contribution in [-0.4, -0.2) is 36.9 Å². The third kappa shape index (κ3) is 1.63. The van der Waals surface area contributed by atoms with Gasteiger partial charge in [0, 0.05) is 0 Å². The molecular weight excluding hydrogens is 190 g/mol. The van der Waals surface area contributed by atoms with Gasteiger partial charge in [0.1, 0.15) is 17.9 Å². The maximum Gasteiger partial charge on any atom is 0.187 e. The Balaban J connectivity index is 2.43. The lowest BCUT2D eigenvalue weighted by atomic mass is 9.96. The summed E-state index contributed by atoms with van der Waals surface area (Å²) < 4.78 is 5.71. The summed E-state index contributed by atoms with van der Waals surface area (Å²) >= 11 is 0. The highest BCUT2D eigenvalue weighted by Crippen LogP contribution is 2.28. The third-order valence-electron chi connectivity index (χ3n) is 2.73. The lowest BCUT2D eigenvalue weighted by Crippen LogP contribution is -2.49. The number of hydrogen-bond donors (Lipinski definition) is 0. The van der Waals surface area contributed by atoms with Crippen LogP contribution < -0.4 is 4.74 Å².